The van der Waals surface area contributed by atoms with Crippen molar-refractivity contribution in [3.8, 4) is 11.5 Å². The molecule has 1 aromatic rings. The Hall–Kier alpha value is -0.640. The van der Waals surface area contributed by atoms with Crippen molar-refractivity contribution in [2.45, 2.75) is 32.4 Å². The highest BCUT2D eigenvalue weighted by molar-refractivity contribution is 6.32. The van der Waals surface area contributed by atoms with Crippen LogP contribution in [0.3, 0.4) is 0 Å². The van der Waals surface area contributed by atoms with Crippen LogP contribution < -0.4 is 14.8 Å². The number of halogens is 2. The number of hydrogen-bond donors (Lipinski definition) is 1. The van der Waals surface area contributed by atoms with Gasteiger partial charge in [-0.1, -0.05) is 11.6 Å². The van der Waals surface area contributed by atoms with Gasteiger partial charge in [-0.25, -0.2) is 0 Å². The summed E-state index contributed by atoms with van der Waals surface area (Å²) in [5, 5.41) is 4.05. The Morgan fingerprint density at radius 1 is 1.39 bits per heavy atom. The van der Waals surface area contributed by atoms with Gasteiger partial charge in [0.25, 0.3) is 0 Å². The van der Waals surface area contributed by atoms with Gasteiger partial charge in [0, 0.05) is 12.6 Å². The number of ether oxygens (including phenoxy) is 2. The van der Waals surface area contributed by atoms with Gasteiger partial charge in [-0.05, 0) is 37.5 Å². The third-order valence-electron chi connectivity index (χ3n) is 2.75. The zero-order valence-electron chi connectivity index (χ0n) is 10.7. The average molecular weight is 292 g/mol. The monoisotopic (exact) mass is 291 g/mol. The minimum atomic E-state index is 0. The van der Waals surface area contributed by atoms with Crippen LogP contribution in [0.2, 0.25) is 5.02 Å². The quantitative estimate of drug-likeness (QED) is 0.871. The van der Waals surface area contributed by atoms with Crippen molar-refractivity contribution in [1.29, 1.82) is 0 Å². The Bertz CT molecular complexity index is 395. The first-order valence-electron chi connectivity index (χ1n) is 5.97. The summed E-state index contributed by atoms with van der Waals surface area (Å²) < 4.78 is 10.8. The van der Waals surface area contributed by atoms with Gasteiger partial charge in [-0.2, -0.15) is 0 Å². The molecule has 2 rings (SSSR count). The fourth-order valence-electron chi connectivity index (χ4n) is 1.73. The van der Waals surface area contributed by atoms with Crippen molar-refractivity contribution < 1.29 is 9.47 Å². The molecule has 102 valence electrons. The summed E-state index contributed by atoms with van der Waals surface area (Å²) in [5.41, 5.74) is 1.13. The second-order valence-electron chi connectivity index (χ2n) is 4.20. The molecule has 0 saturated heterocycles. The molecule has 1 N–H and O–H groups in total. The topological polar surface area (TPSA) is 30.5 Å². The minimum absolute atomic E-state index is 0. The first-order chi connectivity index (χ1) is 8.24. The average Bonchev–Trinajstić information content (AvgIpc) is 3.10. The van der Waals surface area contributed by atoms with E-state index in [1.54, 1.807) is 7.11 Å². The van der Waals surface area contributed by atoms with Crippen molar-refractivity contribution >= 4 is 24.0 Å². The number of nitrogens with one attached hydrogen (secondary N) is 1. The van der Waals surface area contributed by atoms with Gasteiger partial charge in [-0.3, -0.25) is 0 Å². The molecular formula is C13H19Cl2NO2. The maximum absolute atomic E-state index is 6.17. The number of benzene rings is 1. The fourth-order valence-corrected chi connectivity index (χ4v) is 2.04. The highest BCUT2D eigenvalue weighted by Gasteiger charge is 2.20. The summed E-state index contributed by atoms with van der Waals surface area (Å²) in [5.74, 6) is 1.33. The second-order valence-corrected chi connectivity index (χ2v) is 4.60. The van der Waals surface area contributed by atoms with Crippen LogP contribution in [-0.4, -0.2) is 19.8 Å². The Morgan fingerprint density at radius 2 is 2.11 bits per heavy atom. The third-order valence-corrected chi connectivity index (χ3v) is 3.03. The molecule has 18 heavy (non-hydrogen) atoms. The van der Waals surface area contributed by atoms with E-state index in [0.717, 1.165) is 17.9 Å². The van der Waals surface area contributed by atoms with Crippen LogP contribution in [0.25, 0.3) is 0 Å². The minimum Gasteiger partial charge on any atom is -0.491 e. The number of hydrogen-bond acceptors (Lipinski definition) is 3. The Morgan fingerprint density at radius 3 is 2.67 bits per heavy atom. The molecule has 0 unspecified atom stereocenters. The molecule has 0 spiro atoms. The van der Waals surface area contributed by atoms with E-state index in [1.165, 1.54) is 12.8 Å². The molecule has 0 heterocycles. The maximum atomic E-state index is 6.17. The molecule has 0 aliphatic heterocycles. The van der Waals surface area contributed by atoms with E-state index < -0.39 is 0 Å². The molecule has 0 bridgehead atoms. The highest BCUT2D eigenvalue weighted by atomic mass is 35.5. The van der Waals surface area contributed by atoms with Crippen LogP contribution in [0, 0.1) is 0 Å². The van der Waals surface area contributed by atoms with Crippen LogP contribution in [0.4, 0.5) is 0 Å². The molecule has 0 radical (unpaired) electrons. The van der Waals surface area contributed by atoms with Gasteiger partial charge < -0.3 is 14.8 Å². The molecule has 1 fully saturated rings. The van der Waals surface area contributed by atoms with E-state index in [2.05, 4.69) is 5.32 Å². The summed E-state index contributed by atoms with van der Waals surface area (Å²) in [7, 11) is 1.60. The zero-order valence-corrected chi connectivity index (χ0v) is 12.2. The summed E-state index contributed by atoms with van der Waals surface area (Å²) in [6.45, 7) is 3.38. The Balaban J connectivity index is 0.00000162. The van der Waals surface area contributed by atoms with E-state index >= 15 is 0 Å². The molecule has 1 saturated carbocycles. The molecule has 3 nitrogen and oxygen atoms in total. The lowest BCUT2D eigenvalue weighted by Crippen LogP contribution is -2.15. The molecule has 1 aromatic carbocycles. The SMILES string of the molecule is CCOc1cc(CNC2CC2)cc(Cl)c1OC.Cl. The largest absolute Gasteiger partial charge is 0.491 e. The van der Waals surface area contributed by atoms with E-state index in [-0.39, 0.29) is 12.4 Å². The maximum Gasteiger partial charge on any atom is 0.179 e. The van der Waals surface area contributed by atoms with Crippen molar-refractivity contribution in [3.63, 3.8) is 0 Å². The summed E-state index contributed by atoms with van der Waals surface area (Å²) in [4.78, 5) is 0. The van der Waals surface area contributed by atoms with Gasteiger partial charge in [0.2, 0.25) is 0 Å². The third kappa shape index (κ3) is 3.94. The first-order valence-corrected chi connectivity index (χ1v) is 6.35. The zero-order chi connectivity index (χ0) is 12.3. The van der Waals surface area contributed by atoms with Crippen molar-refractivity contribution in [3.05, 3.63) is 22.7 Å². The van der Waals surface area contributed by atoms with Crippen LogP contribution in [0.15, 0.2) is 12.1 Å². The molecule has 0 amide bonds. The summed E-state index contributed by atoms with van der Waals surface area (Å²) >= 11 is 6.17. The Labute approximate surface area is 119 Å². The second kappa shape index (κ2) is 7.07. The molecular weight excluding hydrogens is 273 g/mol. The molecule has 1 aliphatic carbocycles. The van der Waals surface area contributed by atoms with E-state index in [9.17, 15) is 0 Å². The van der Waals surface area contributed by atoms with Crippen LogP contribution in [-0.2, 0) is 6.54 Å². The van der Waals surface area contributed by atoms with Gasteiger partial charge in [0.1, 0.15) is 0 Å². The van der Waals surface area contributed by atoms with Crippen LogP contribution >= 0.6 is 24.0 Å². The fraction of sp³-hybridized carbons (Fsp3) is 0.538. The first kappa shape index (κ1) is 15.4. The molecule has 0 aromatic heterocycles. The highest BCUT2D eigenvalue weighted by Crippen LogP contribution is 2.36. The van der Waals surface area contributed by atoms with E-state index in [1.807, 2.05) is 19.1 Å². The smallest absolute Gasteiger partial charge is 0.179 e. The molecule has 0 atom stereocenters. The van der Waals surface area contributed by atoms with E-state index in [4.69, 9.17) is 21.1 Å². The van der Waals surface area contributed by atoms with Crippen LogP contribution in [0.1, 0.15) is 25.3 Å². The van der Waals surface area contributed by atoms with Gasteiger partial charge >= 0.3 is 0 Å². The van der Waals surface area contributed by atoms with Crippen molar-refractivity contribution in [1.82, 2.24) is 5.32 Å². The van der Waals surface area contributed by atoms with Crippen LogP contribution in [0.5, 0.6) is 11.5 Å². The number of rotatable bonds is 6. The van der Waals surface area contributed by atoms with Gasteiger partial charge in [-0.15, -0.1) is 12.4 Å². The van der Waals surface area contributed by atoms with Gasteiger partial charge in [0.05, 0.1) is 18.7 Å². The number of methoxy groups -OCH3 is 1. The van der Waals surface area contributed by atoms with Gasteiger partial charge in [0.15, 0.2) is 11.5 Å². The lowest BCUT2D eigenvalue weighted by Gasteiger charge is -2.13. The standard InChI is InChI=1S/C13H18ClNO2.ClH/c1-3-17-12-7-9(8-15-10-4-5-10)6-11(14)13(12)16-2;/h6-7,10,15H,3-5,8H2,1-2H3;1H. The summed E-state index contributed by atoms with van der Waals surface area (Å²) in [6, 6.07) is 4.61. The lowest BCUT2D eigenvalue weighted by atomic mass is 10.2. The van der Waals surface area contributed by atoms with Crippen molar-refractivity contribution in [2.24, 2.45) is 0 Å². The predicted octanol–water partition coefficient (Wildman–Crippen LogP) is 3.42. The normalized spacial score (nSPS) is 13.9. The Kier molecular flexibility index (Phi) is 6.06. The van der Waals surface area contributed by atoms with Crippen molar-refractivity contribution in [2.75, 3.05) is 13.7 Å². The summed E-state index contributed by atoms with van der Waals surface area (Å²) in [6.07, 6.45) is 2.56. The lowest BCUT2D eigenvalue weighted by molar-refractivity contribution is 0.310. The molecule has 5 heteroatoms. The van der Waals surface area contributed by atoms with E-state index in [0.29, 0.717) is 23.4 Å². The molecule has 1 aliphatic rings. The predicted molar refractivity (Wildman–Crippen MR) is 76.3 cm³/mol.